The van der Waals surface area contributed by atoms with Gasteiger partial charge in [0.15, 0.2) is 0 Å². The molecule has 1 saturated carbocycles. The van der Waals surface area contributed by atoms with Crippen molar-refractivity contribution in [1.29, 1.82) is 0 Å². The summed E-state index contributed by atoms with van der Waals surface area (Å²) in [5, 5.41) is 5.08. The lowest BCUT2D eigenvalue weighted by Gasteiger charge is -2.30. The Morgan fingerprint density at radius 3 is 2.52 bits per heavy atom. The highest BCUT2D eigenvalue weighted by Gasteiger charge is 2.23. The van der Waals surface area contributed by atoms with E-state index in [2.05, 4.69) is 32.8 Å². The van der Waals surface area contributed by atoms with Crippen LogP contribution in [-0.2, 0) is 11.3 Å². The highest BCUT2D eigenvalue weighted by molar-refractivity contribution is 5.59. The van der Waals surface area contributed by atoms with Crippen LogP contribution in [-0.4, -0.2) is 46.0 Å². The molecule has 2 aliphatic rings. The van der Waals surface area contributed by atoms with Crippen molar-refractivity contribution in [3.8, 4) is 11.3 Å². The molecule has 0 spiro atoms. The maximum atomic E-state index is 5.51. The first-order valence-electron chi connectivity index (χ1n) is 10.5. The van der Waals surface area contributed by atoms with Gasteiger partial charge < -0.3 is 4.74 Å². The predicted octanol–water partition coefficient (Wildman–Crippen LogP) is 4.37. The highest BCUT2D eigenvalue weighted by atomic mass is 16.5. The van der Waals surface area contributed by atoms with Crippen LogP contribution in [0.3, 0.4) is 0 Å². The molecule has 2 aromatic heterocycles. The van der Waals surface area contributed by atoms with Gasteiger partial charge in [0.25, 0.3) is 0 Å². The molecule has 2 fully saturated rings. The van der Waals surface area contributed by atoms with E-state index in [0.717, 1.165) is 38.2 Å². The van der Waals surface area contributed by atoms with Gasteiger partial charge in [0.05, 0.1) is 23.5 Å². The standard InChI is InChI=1S/C22H32N4O/c1-17-8-9-18(15-23-17)22-14-19(16-25-12-10-21(27-2)11-13-25)24-26(22)20-6-4-3-5-7-20/h8-9,14-15,20-21H,3-7,10-13,16H2,1-2H3. The first kappa shape index (κ1) is 18.6. The van der Waals surface area contributed by atoms with E-state index < -0.39 is 0 Å². The minimum Gasteiger partial charge on any atom is -0.381 e. The Hall–Kier alpha value is -1.72. The molecule has 1 aliphatic heterocycles. The lowest BCUT2D eigenvalue weighted by atomic mass is 9.95. The molecule has 5 nitrogen and oxygen atoms in total. The van der Waals surface area contributed by atoms with Gasteiger partial charge in [-0.25, -0.2) is 0 Å². The van der Waals surface area contributed by atoms with Crippen LogP contribution in [0.2, 0.25) is 0 Å². The summed E-state index contributed by atoms with van der Waals surface area (Å²) in [6.07, 6.45) is 11.1. The molecule has 0 bridgehead atoms. The Morgan fingerprint density at radius 2 is 1.85 bits per heavy atom. The molecule has 0 radical (unpaired) electrons. The largest absolute Gasteiger partial charge is 0.381 e. The zero-order valence-corrected chi connectivity index (χ0v) is 16.7. The van der Waals surface area contributed by atoms with Crippen molar-refractivity contribution in [1.82, 2.24) is 19.7 Å². The molecule has 2 aromatic rings. The van der Waals surface area contributed by atoms with E-state index in [9.17, 15) is 0 Å². The number of ether oxygens (including phenoxy) is 1. The lowest BCUT2D eigenvalue weighted by Crippen LogP contribution is -2.36. The average Bonchev–Trinajstić information content (AvgIpc) is 3.13. The number of hydrogen-bond acceptors (Lipinski definition) is 4. The number of nitrogens with zero attached hydrogens (tertiary/aromatic N) is 4. The third-order valence-electron chi connectivity index (χ3n) is 6.17. The summed E-state index contributed by atoms with van der Waals surface area (Å²) in [6, 6.07) is 7.11. The molecular formula is C22H32N4O. The summed E-state index contributed by atoms with van der Waals surface area (Å²) in [5.74, 6) is 0. The Labute approximate surface area is 162 Å². The van der Waals surface area contributed by atoms with Crippen molar-refractivity contribution in [3.63, 3.8) is 0 Å². The maximum absolute atomic E-state index is 5.51. The van der Waals surface area contributed by atoms with Crippen molar-refractivity contribution in [2.24, 2.45) is 0 Å². The molecule has 1 aliphatic carbocycles. The number of aryl methyl sites for hydroxylation is 1. The fraction of sp³-hybridized carbons (Fsp3) is 0.636. The Balaban J connectivity index is 1.56. The summed E-state index contributed by atoms with van der Waals surface area (Å²) < 4.78 is 7.81. The number of likely N-dealkylation sites (tertiary alicyclic amines) is 1. The van der Waals surface area contributed by atoms with E-state index in [-0.39, 0.29) is 0 Å². The number of aromatic nitrogens is 3. The quantitative estimate of drug-likeness (QED) is 0.786. The second-order valence-electron chi connectivity index (χ2n) is 8.16. The third-order valence-corrected chi connectivity index (χ3v) is 6.17. The fourth-order valence-corrected chi connectivity index (χ4v) is 4.49. The van der Waals surface area contributed by atoms with E-state index in [1.807, 2.05) is 20.2 Å². The number of hydrogen-bond donors (Lipinski definition) is 0. The average molecular weight is 369 g/mol. The summed E-state index contributed by atoms with van der Waals surface area (Å²) in [6.45, 7) is 5.16. The second-order valence-corrected chi connectivity index (χ2v) is 8.16. The molecule has 146 valence electrons. The zero-order chi connectivity index (χ0) is 18.6. The molecule has 0 amide bonds. The molecule has 0 aromatic carbocycles. The summed E-state index contributed by atoms with van der Waals surface area (Å²) in [5.41, 5.74) is 4.66. The van der Waals surface area contributed by atoms with Gasteiger partial charge in [0.2, 0.25) is 0 Å². The molecule has 5 heteroatoms. The molecule has 0 N–H and O–H groups in total. The van der Waals surface area contributed by atoms with E-state index >= 15 is 0 Å². The van der Waals surface area contributed by atoms with Crippen LogP contribution < -0.4 is 0 Å². The smallest absolute Gasteiger partial charge is 0.0771 e. The van der Waals surface area contributed by atoms with Crippen LogP contribution in [0.1, 0.15) is 62.4 Å². The van der Waals surface area contributed by atoms with Crippen molar-refractivity contribution >= 4 is 0 Å². The molecule has 1 saturated heterocycles. The molecule has 0 unspecified atom stereocenters. The first-order valence-corrected chi connectivity index (χ1v) is 10.5. The highest BCUT2D eigenvalue weighted by Crippen LogP contribution is 2.33. The minimum absolute atomic E-state index is 0.426. The third kappa shape index (κ3) is 4.41. The minimum atomic E-state index is 0.426. The van der Waals surface area contributed by atoms with Crippen LogP contribution in [0.4, 0.5) is 0 Å². The van der Waals surface area contributed by atoms with Gasteiger partial charge in [0.1, 0.15) is 0 Å². The SMILES string of the molecule is COC1CCN(Cc2cc(-c3ccc(C)nc3)n(C3CCCCC3)n2)CC1. The van der Waals surface area contributed by atoms with Crippen LogP contribution in [0, 0.1) is 6.92 Å². The number of rotatable bonds is 5. The van der Waals surface area contributed by atoms with Crippen molar-refractivity contribution in [2.75, 3.05) is 20.2 Å². The van der Waals surface area contributed by atoms with Crippen LogP contribution in [0.15, 0.2) is 24.4 Å². The van der Waals surface area contributed by atoms with Gasteiger partial charge in [-0.15, -0.1) is 0 Å². The first-order chi connectivity index (χ1) is 13.2. The van der Waals surface area contributed by atoms with Gasteiger partial charge in [-0.3, -0.25) is 14.6 Å². The number of methoxy groups -OCH3 is 1. The zero-order valence-electron chi connectivity index (χ0n) is 16.7. The number of pyridine rings is 1. The summed E-state index contributed by atoms with van der Waals surface area (Å²) in [7, 11) is 1.83. The summed E-state index contributed by atoms with van der Waals surface area (Å²) >= 11 is 0. The topological polar surface area (TPSA) is 43.2 Å². The van der Waals surface area contributed by atoms with Gasteiger partial charge in [0, 0.05) is 44.2 Å². The molecule has 27 heavy (non-hydrogen) atoms. The van der Waals surface area contributed by atoms with Crippen LogP contribution in [0.25, 0.3) is 11.3 Å². The van der Waals surface area contributed by atoms with Crippen LogP contribution >= 0.6 is 0 Å². The van der Waals surface area contributed by atoms with E-state index in [4.69, 9.17) is 9.84 Å². The fourth-order valence-electron chi connectivity index (χ4n) is 4.49. The van der Waals surface area contributed by atoms with Gasteiger partial charge in [-0.05, 0) is 50.8 Å². The monoisotopic (exact) mass is 368 g/mol. The van der Waals surface area contributed by atoms with Crippen molar-refractivity contribution in [3.05, 3.63) is 35.8 Å². The molecular weight excluding hydrogens is 336 g/mol. The second kappa shape index (κ2) is 8.53. The molecule has 3 heterocycles. The van der Waals surface area contributed by atoms with Crippen molar-refractivity contribution < 1.29 is 4.74 Å². The van der Waals surface area contributed by atoms with E-state index in [0.29, 0.717) is 12.1 Å². The Bertz CT molecular complexity index is 725. The lowest BCUT2D eigenvalue weighted by molar-refractivity contribution is 0.0384. The predicted molar refractivity (Wildman–Crippen MR) is 108 cm³/mol. The Kier molecular flexibility index (Phi) is 5.89. The Morgan fingerprint density at radius 1 is 1.07 bits per heavy atom. The van der Waals surface area contributed by atoms with E-state index in [1.54, 1.807) is 0 Å². The van der Waals surface area contributed by atoms with E-state index in [1.165, 1.54) is 49.1 Å². The molecule has 4 rings (SSSR count). The van der Waals surface area contributed by atoms with Gasteiger partial charge in [-0.2, -0.15) is 5.10 Å². The number of piperidine rings is 1. The van der Waals surface area contributed by atoms with Gasteiger partial charge >= 0.3 is 0 Å². The van der Waals surface area contributed by atoms with Crippen LogP contribution in [0.5, 0.6) is 0 Å². The summed E-state index contributed by atoms with van der Waals surface area (Å²) in [4.78, 5) is 7.03. The molecule has 0 atom stereocenters. The van der Waals surface area contributed by atoms with Gasteiger partial charge in [-0.1, -0.05) is 19.3 Å². The maximum Gasteiger partial charge on any atom is 0.0771 e. The van der Waals surface area contributed by atoms with Crippen molar-refractivity contribution in [2.45, 2.75) is 70.6 Å². The normalized spacial score (nSPS) is 20.2.